The molecule has 2 N–H and O–H groups in total. The van der Waals surface area contributed by atoms with Crippen LogP contribution in [0.1, 0.15) is 26.3 Å². The predicted octanol–water partition coefficient (Wildman–Crippen LogP) is 4.17. The van der Waals surface area contributed by atoms with Gasteiger partial charge < -0.3 is 15.4 Å². The summed E-state index contributed by atoms with van der Waals surface area (Å²) in [4.78, 5) is 24.9. The third-order valence-corrected chi connectivity index (χ3v) is 4.11. The van der Waals surface area contributed by atoms with Crippen molar-refractivity contribution in [1.82, 2.24) is 0 Å². The number of hydrogen-bond acceptors (Lipinski definition) is 4. The average molecular weight is 355 g/mol. The molecular formula is C21H13N3O3. The first-order chi connectivity index (χ1) is 13.1. The van der Waals surface area contributed by atoms with Gasteiger partial charge >= 0.3 is 0 Å². The van der Waals surface area contributed by atoms with Gasteiger partial charge in [-0.1, -0.05) is 12.1 Å². The van der Waals surface area contributed by atoms with E-state index in [2.05, 4.69) is 10.6 Å². The van der Waals surface area contributed by atoms with E-state index in [1.807, 2.05) is 18.2 Å². The molecule has 3 aromatic carbocycles. The Morgan fingerprint density at radius 3 is 2.56 bits per heavy atom. The molecule has 0 aliphatic carbocycles. The molecule has 4 rings (SSSR count). The van der Waals surface area contributed by atoms with Gasteiger partial charge in [0.2, 0.25) is 0 Å². The van der Waals surface area contributed by atoms with E-state index < -0.39 is 0 Å². The third kappa shape index (κ3) is 3.22. The van der Waals surface area contributed by atoms with Crippen molar-refractivity contribution in [1.29, 1.82) is 5.26 Å². The Morgan fingerprint density at radius 2 is 1.78 bits per heavy atom. The van der Waals surface area contributed by atoms with Crippen molar-refractivity contribution in [3.05, 3.63) is 83.4 Å². The van der Waals surface area contributed by atoms with Crippen LogP contribution in [0.2, 0.25) is 0 Å². The van der Waals surface area contributed by atoms with Crippen LogP contribution in [0, 0.1) is 11.3 Å². The number of amides is 2. The van der Waals surface area contributed by atoms with Gasteiger partial charge in [-0.2, -0.15) is 5.26 Å². The van der Waals surface area contributed by atoms with Crippen molar-refractivity contribution in [2.24, 2.45) is 0 Å². The van der Waals surface area contributed by atoms with Gasteiger partial charge in [-0.05, 0) is 54.6 Å². The van der Waals surface area contributed by atoms with E-state index in [1.54, 1.807) is 54.6 Å². The molecule has 0 spiro atoms. The molecule has 3 aromatic rings. The van der Waals surface area contributed by atoms with Crippen molar-refractivity contribution in [3.63, 3.8) is 0 Å². The van der Waals surface area contributed by atoms with Crippen molar-refractivity contribution < 1.29 is 14.3 Å². The lowest BCUT2D eigenvalue weighted by molar-refractivity contribution is 0.101. The van der Waals surface area contributed by atoms with E-state index in [9.17, 15) is 9.59 Å². The van der Waals surface area contributed by atoms with Crippen LogP contribution in [0.25, 0.3) is 0 Å². The van der Waals surface area contributed by atoms with Crippen molar-refractivity contribution in [2.45, 2.75) is 0 Å². The van der Waals surface area contributed by atoms with Gasteiger partial charge in [-0.3, -0.25) is 9.59 Å². The molecule has 0 fully saturated rings. The lowest BCUT2D eigenvalue weighted by Crippen LogP contribution is -2.14. The van der Waals surface area contributed by atoms with Gasteiger partial charge in [-0.25, -0.2) is 0 Å². The molecule has 0 bridgehead atoms. The van der Waals surface area contributed by atoms with Gasteiger partial charge in [0.15, 0.2) is 5.75 Å². The Balaban J connectivity index is 1.59. The van der Waals surface area contributed by atoms with Gasteiger partial charge in [0.05, 0.1) is 22.9 Å². The predicted molar refractivity (Wildman–Crippen MR) is 100 cm³/mol. The Morgan fingerprint density at radius 1 is 1.00 bits per heavy atom. The van der Waals surface area contributed by atoms with Gasteiger partial charge in [0.1, 0.15) is 5.75 Å². The molecule has 0 atom stereocenters. The fourth-order valence-electron chi connectivity index (χ4n) is 2.74. The van der Waals surface area contributed by atoms with E-state index >= 15 is 0 Å². The Labute approximate surface area is 155 Å². The number of nitrogens with one attached hydrogen (secondary N) is 2. The zero-order valence-corrected chi connectivity index (χ0v) is 14.0. The Hall–Kier alpha value is -4.11. The van der Waals surface area contributed by atoms with Crippen molar-refractivity contribution >= 4 is 23.2 Å². The monoisotopic (exact) mass is 355 g/mol. The summed E-state index contributed by atoms with van der Waals surface area (Å²) in [5, 5.41) is 14.4. The normalized spacial score (nSPS) is 11.7. The zero-order chi connectivity index (χ0) is 18.8. The highest BCUT2D eigenvalue weighted by Gasteiger charge is 2.21. The number of carbonyl (C=O) groups excluding carboxylic acids is 2. The average Bonchev–Trinajstić information content (AvgIpc) is 2.84. The molecule has 0 radical (unpaired) electrons. The lowest BCUT2D eigenvalue weighted by atomic mass is 10.1. The molecule has 1 heterocycles. The maximum absolute atomic E-state index is 12.5. The number of carbonyl (C=O) groups is 2. The van der Waals surface area contributed by atoms with Crippen LogP contribution < -0.4 is 15.4 Å². The number of fused-ring (bicyclic) bond motifs is 2. The second kappa shape index (κ2) is 6.65. The molecule has 6 heteroatoms. The summed E-state index contributed by atoms with van der Waals surface area (Å²) in [5.74, 6) is 0.315. The van der Waals surface area contributed by atoms with Gasteiger partial charge in [0, 0.05) is 11.3 Å². The second-order valence-electron chi connectivity index (χ2n) is 5.91. The number of benzene rings is 3. The van der Waals surface area contributed by atoms with Crippen LogP contribution in [0.4, 0.5) is 11.4 Å². The van der Waals surface area contributed by atoms with Crippen LogP contribution in [-0.4, -0.2) is 11.8 Å². The Kier molecular flexibility index (Phi) is 4.03. The summed E-state index contributed by atoms with van der Waals surface area (Å²) in [6.45, 7) is 0. The topological polar surface area (TPSA) is 91.2 Å². The van der Waals surface area contributed by atoms with E-state index in [4.69, 9.17) is 10.00 Å². The van der Waals surface area contributed by atoms with Crippen LogP contribution in [-0.2, 0) is 0 Å². The minimum absolute atomic E-state index is 0.315. The largest absolute Gasteiger partial charge is 0.454 e. The molecule has 0 unspecified atom stereocenters. The molecule has 0 aromatic heterocycles. The third-order valence-electron chi connectivity index (χ3n) is 4.11. The quantitative estimate of drug-likeness (QED) is 0.722. The summed E-state index contributed by atoms with van der Waals surface area (Å²) >= 11 is 0. The lowest BCUT2D eigenvalue weighted by Gasteiger charge is -2.10. The molecule has 1 aliphatic heterocycles. The summed E-state index contributed by atoms with van der Waals surface area (Å²) in [6, 6.07) is 20.3. The highest BCUT2D eigenvalue weighted by atomic mass is 16.5. The van der Waals surface area contributed by atoms with E-state index in [0.717, 1.165) is 0 Å². The van der Waals surface area contributed by atoms with Crippen LogP contribution >= 0.6 is 0 Å². The number of nitriles is 1. The Bertz CT molecular complexity index is 1100. The molecule has 0 saturated carbocycles. The summed E-state index contributed by atoms with van der Waals surface area (Å²) < 4.78 is 5.82. The smallest absolute Gasteiger partial charge is 0.259 e. The SMILES string of the molecule is N#Cc1ccc(C(=O)Nc2ccc3c(c2)C(=O)Nc2ccccc2O3)cc1. The number of ether oxygens (including phenoxy) is 1. The first-order valence-corrected chi connectivity index (χ1v) is 8.18. The summed E-state index contributed by atoms with van der Waals surface area (Å²) in [5.41, 5.74) is 2.26. The number of nitrogens with zero attached hydrogens (tertiary/aromatic N) is 1. The van der Waals surface area contributed by atoms with Crippen LogP contribution in [0.15, 0.2) is 66.7 Å². The van der Waals surface area contributed by atoms with E-state index in [1.165, 1.54) is 0 Å². The molecular weight excluding hydrogens is 342 g/mol. The molecule has 27 heavy (non-hydrogen) atoms. The van der Waals surface area contributed by atoms with E-state index in [-0.39, 0.29) is 11.8 Å². The number of rotatable bonds is 2. The highest BCUT2D eigenvalue weighted by molar-refractivity contribution is 6.10. The van der Waals surface area contributed by atoms with Crippen molar-refractivity contribution in [2.75, 3.05) is 10.6 Å². The minimum atomic E-state index is -0.335. The van der Waals surface area contributed by atoms with Gasteiger partial charge in [-0.15, -0.1) is 0 Å². The molecule has 1 aliphatic rings. The first kappa shape index (κ1) is 16.4. The maximum atomic E-state index is 12.5. The van der Waals surface area contributed by atoms with Crippen molar-refractivity contribution in [3.8, 4) is 17.6 Å². The second-order valence-corrected chi connectivity index (χ2v) is 5.91. The maximum Gasteiger partial charge on any atom is 0.259 e. The summed E-state index contributed by atoms with van der Waals surface area (Å²) in [7, 11) is 0. The van der Waals surface area contributed by atoms with Gasteiger partial charge in [0.25, 0.3) is 11.8 Å². The van der Waals surface area contributed by atoms with Crippen LogP contribution in [0.3, 0.4) is 0 Å². The highest BCUT2D eigenvalue weighted by Crippen LogP contribution is 2.36. The number of anilines is 2. The zero-order valence-electron chi connectivity index (χ0n) is 14.0. The summed E-state index contributed by atoms with van der Waals surface area (Å²) in [6.07, 6.45) is 0. The molecule has 0 saturated heterocycles. The number of para-hydroxylation sites is 2. The molecule has 2 amide bonds. The molecule has 6 nitrogen and oxygen atoms in total. The van der Waals surface area contributed by atoms with E-state index in [0.29, 0.717) is 39.6 Å². The minimum Gasteiger partial charge on any atom is -0.454 e. The standard InChI is InChI=1S/C21H13N3O3/c22-12-13-5-7-14(8-6-13)20(25)23-15-9-10-18-16(11-15)21(26)24-17-3-1-2-4-19(17)27-18/h1-11H,(H,23,25)(H,24,26). The fraction of sp³-hybridized carbons (Fsp3) is 0. The fourth-order valence-corrected chi connectivity index (χ4v) is 2.74. The molecule has 130 valence electrons. The number of hydrogen-bond donors (Lipinski definition) is 2. The van der Waals surface area contributed by atoms with Crippen LogP contribution in [0.5, 0.6) is 11.5 Å². The first-order valence-electron chi connectivity index (χ1n) is 8.18.